The molecule has 1 N–H and O–H groups in total. The van der Waals surface area contributed by atoms with E-state index in [0.29, 0.717) is 23.6 Å². The Balaban J connectivity index is 0.00000341. The minimum atomic E-state index is -0.395. The van der Waals surface area contributed by atoms with Crippen molar-refractivity contribution in [2.45, 2.75) is 20.4 Å². The number of ether oxygens (including phenoxy) is 2. The molecule has 0 saturated carbocycles. The number of benzene rings is 1. The minimum Gasteiger partial charge on any atom is -0.497 e. The summed E-state index contributed by atoms with van der Waals surface area (Å²) < 4.78 is 15.7. The fourth-order valence-corrected chi connectivity index (χ4v) is 3.48. The first-order chi connectivity index (χ1) is 14.5. The number of aryl methyl sites for hydroxylation is 1. The number of hydrogen-bond acceptors (Lipinski definition) is 6. The Kier molecular flexibility index (Phi) is 9.47. The Morgan fingerprint density at radius 3 is 2.42 bits per heavy atom. The normalized spacial score (nSPS) is 14.1. The highest BCUT2D eigenvalue weighted by atomic mass is 127. The van der Waals surface area contributed by atoms with Gasteiger partial charge in [-0.3, -0.25) is 0 Å². The van der Waals surface area contributed by atoms with Gasteiger partial charge in [-0.25, -0.2) is 9.79 Å². The number of guanidine groups is 1. The van der Waals surface area contributed by atoms with E-state index < -0.39 is 5.97 Å². The number of furan rings is 1. The summed E-state index contributed by atoms with van der Waals surface area (Å²) in [6.07, 6.45) is 0. The van der Waals surface area contributed by atoms with E-state index in [1.807, 2.05) is 12.1 Å². The molecule has 0 atom stereocenters. The highest BCUT2D eigenvalue weighted by Crippen LogP contribution is 2.21. The van der Waals surface area contributed by atoms with E-state index >= 15 is 0 Å². The van der Waals surface area contributed by atoms with E-state index in [4.69, 9.17) is 18.9 Å². The first-order valence-corrected chi connectivity index (χ1v) is 10.2. The molecule has 2 aromatic rings. The highest BCUT2D eigenvalue weighted by molar-refractivity contribution is 14.0. The molecule has 1 aliphatic heterocycles. The van der Waals surface area contributed by atoms with Gasteiger partial charge in [0.15, 0.2) is 5.96 Å². The van der Waals surface area contributed by atoms with E-state index in [1.165, 1.54) is 12.8 Å². The van der Waals surface area contributed by atoms with Gasteiger partial charge in [0.25, 0.3) is 0 Å². The second-order valence-electron chi connectivity index (χ2n) is 7.02. The van der Waals surface area contributed by atoms with Crippen molar-refractivity contribution in [3.05, 3.63) is 47.4 Å². The van der Waals surface area contributed by atoms with Gasteiger partial charge in [0.2, 0.25) is 0 Å². The molecule has 0 amide bonds. The van der Waals surface area contributed by atoms with Crippen molar-refractivity contribution < 1.29 is 18.7 Å². The lowest BCUT2D eigenvalue weighted by Crippen LogP contribution is -2.52. The molecule has 0 radical (unpaired) electrons. The van der Waals surface area contributed by atoms with Gasteiger partial charge < -0.3 is 29.0 Å². The number of halogens is 1. The van der Waals surface area contributed by atoms with Gasteiger partial charge in [0.1, 0.15) is 29.4 Å². The van der Waals surface area contributed by atoms with Crippen LogP contribution >= 0.6 is 24.0 Å². The summed E-state index contributed by atoms with van der Waals surface area (Å²) in [5, 5.41) is 3.36. The largest absolute Gasteiger partial charge is 0.497 e. The third-order valence-electron chi connectivity index (χ3n) is 5.11. The second-order valence-corrected chi connectivity index (χ2v) is 7.02. The Labute approximate surface area is 200 Å². The van der Waals surface area contributed by atoms with E-state index in [2.05, 4.69) is 34.2 Å². The molecule has 170 valence electrons. The van der Waals surface area contributed by atoms with Crippen LogP contribution in [0.2, 0.25) is 0 Å². The third-order valence-corrected chi connectivity index (χ3v) is 5.11. The number of piperazine rings is 1. The van der Waals surface area contributed by atoms with E-state index in [9.17, 15) is 4.79 Å². The van der Waals surface area contributed by atoms with Crippen LogP contribution in [-0.2, 0) is 11.3 Å². The van der Waals surface area contributed by atoms with Crippen molar-refractivity contribution in [3.63, 3.8) is 0 Å². The lowest BCUT2D eigenvalue weighted by molar-refractivity contribution is 0.0599. The summed E-state index contributed by atoms with van der Waals surface area (Å²) in [5.74, 6) is 2.50. The van der Waals surface area contributed by atoms with Crippen LogP contribution in [0.5, 0.6) is 5.75 Å². The van der Waals surface area contributed by atoms with Crippen LogP contribution in [-0.4, -0.2) is 63.8 Å². The Bertz CT molecular complexity index is 874. The predicted molar refractivity (Wildman–Crippen MR) is 132 cm³/mol. The quantitative estimate of drug-likeness (QED) is 0.260. The number of methoxy groups -OCH3 is 2. The highest BCUT2D eigenvalue weighted by Gasteiger charge is 2.20. The molecular weight excluding hydrogens is 511 g/mol. The first kappa shape index (κ1) is 24.8. The molecule has 1 aliphatic rings. The fourth-order valence-electron chi connectivity index (χ4n) is 3.48. The molecule has 1 aromatic carbocycles. The molecule has 1 aromatic heterocycles. The number of aliphatic imine (C=N–C) groups is 1. The molecule has 9 heteroatoms. The lowest BCUT2D eigenvalue weighted by atomic mass is 10.2. The van der Waals surface area contributed by atoms with Crippen LogP contribution in [0.4, 0.5) is 5.69 Å². The van der Waals surface area contributed by atoms with Gasteiger partial charge in [0, 0.05) is 38.4 Å². The summed E-state index contributed by atoms with van der Waals surface area (Å²) in [6.45, 7) is 8.48. The topological polar surface area (TPSA) is 79.5 Å². The molecule has 2 heterocycles. The number of carbonyl (C=O) groups excluding carboxylic acids is 1. The zero-order valence-electron chi connectivity index (χ0n) is 18.5. The van der Waals surface area contributed by atoms with Gasteiger partial charge >= 0.3 is 5.97 Å². The summed E-state index contributed by atoms with van der Waals surface area (Å²) in [7, 11) is 3.04. The molecule has 0 unspecified atom stereocenters. The average molecular weight is 542 g/mol. The Morgan fingerprint density at radius 2 is 1.84 bits per heavy atom. The number of hydrogen-bond donors (Lipinski definition) is 1. The third kappa shape index (κ3) is 6.28. The maximum Gasteiger partial charge on any atom is 0.341 e. The fraction of sp³-hybridized carbons (Fsp3) is 0.455. The van der Waals surface area contributed by atoms with Crippen LogP contribution in [0.25, 0.3) is 0 Å². The van der Waals surface area contributed by atoms with Crippen LogP contribution < -0.4 is 15.0 Å². The van der Waals surface area contributed by atoms with Crippen molar-refractivity contribution in [1.82, 2.24) is 10.2 Å². The molecule has 3 rings (SSSR count). The zero-order valence-corrected chi connectivity index (χ0v) is 20.8. The smallest absolute Gasteiger partial charge is 0.341 e. The van der Waals surface area contributed by atoms with Crippen LogP contribution in [0, 0.1) is 6.92 Å². The molecule has 0 bridgehead atoms. The van der Waals surface area contributed by atoms with Gasteiger partial charge in [0.05, 0.1) is 14.2 Å². The van der Waals surface area contributed by atoms with Crippen molar-refractivity contribution in [2.75, 3.05) is 51.8 Å². The van der Waals surface area contributed by atoms with Crippen molar-refractivity contribution in [1.29, 1.82) is 0 Å². The van der Waals surface area contributed by atoms with Crippen molar-refractivity contribution in [2.24, 2.45) is 4.99 Å². The Hall–Kier alpha value is -2.43. The molecule has 8 nitrogen and oxygen atoms in total. The molecule has 1 fully saturated rings. The summed E-state index contributed by atoms with van der Waals surface area (Å²) in [6, 6.07) is 9.86. The molecule has 31 heavy (non-hydrogen) atoms. The van der Waals surface area contributed by atoms with Crippen LogP contribution in [0.3, 0.4) is 0 Å². The van der Waals surface area contributed by atoms with Gasteiger partial charge in [-0.05, 0) is 44.2 Å². The number of rotatable bonds is 6. The van der Waals surface area contributed by atoms with Crippen LogP contribution in [0.1, 0.15) is 28.8 Å². The number of anilines is 1. The number of nitrogens with one attached hydrogen (secondary N) is 1. The lowest BCUT2D eigenvalue weighted by Gasteiger charge is -2.37. The maximum absolute atomic E-state index is 11.8. The van der Waals surface area contributed by atoms with Crippen LogP contribution in [0.15, 0.2) is 39.7 Å². The summed E-state index contributed by atoms with van der Waals surface area (Å²) in [4.78, 5) is 21.1. The number of nitrogens with zero attached hydrogens (tertiary/aromatic N) is 3. The maximum atomic E-state index is 11.8. The monoisotopic (exact) mass is 542 g/mol. The van der Waals surface area contributed by atoms with E-state index in [0.717, 1.165) is 44.4 Å². The second kappa shape index (κ2) is 11.8. The van der Waals surface area contributed by atoms with Gasteiger partial charge in [-0.1, -0.05) is 0 Å². The SMILES string of the molecule is CCNC(=NCc1cc(C(=O)OC)c(C)o1)N1CCN(c2ccc(OC)cc2)CC1.I. The minimum absolute atomic E-state index is 0. The first-order valence-electron chi connectivity index (χ1n) is 10.2. The van der Waals surface area contributed by atoms with E-state index in [1.54, 1.807) is 20.1 Å². The van der Waals surface area contributed by atoms with Gasteiger partial charge in [-0.2, -0.15) is 0 Å². The standard InChI is InChI=1S/C22H30N4O4.HI/c1-5-23-22(24-15-19-14-20(16(2)30-19)21(27)29-4)26-12-10-25(11-13-26)17-6-8-18(28-3)9-7-17;/h6-9,14H,5,10-13,15H2,1-4H3,(H,23,24);1H. The zero-order chi connectivity index (χ0) is 21.5. The number of esters is 1. The summed E-state index contributed by atoms with van der Waals surface area (Å²) in [5.41, 5.74) is 1.64. The number of carbonyl (C=O) groups is 1. The molecule has 1 saturated heterocycles. The van der Waals surface area contributed by atoms with E-state index in [-0.39, 0.29) is 24.0 Å². The Morgan fingerprint density at radius 1 is 1.16 bits per heavy atom. The molecule has 0 aliphatic carbocycles. The average Bonchev–Trinajstić information content (AvgIpc) is 3.16. The predicted octanol–water partition coefficient (Wildman–Crippen LogP) is 3.29. The molecule has 0 spiro atoms. The summed E-state index contributed by atoms with van der Waals surface area (Å²) >= 11 is 0. The molecular formula is C22H31IN4O4. The van der Waals surface area contributed by atoms with Crippen molar-refractivity contribution in [3.8, 4) is 5.75 Å². The van der Waals surface area contributed by atoms with Crippen molar-refractivity contribution >= 4 is 41.6 Å². The van der Waals surface area contributed by atoms with Gasteiger partial charge in [-0.15, -0.1) is 24.0 Å².